The predicted octanol–water partition coefficient (Wildman–Crippen LogP) is 2.93. The molecule has 0 fully saturated rings. The minimum Gasteiger partial charge on any atom is -0.461 e. The van der Waals surface area contributed by atoms with Gasteiger partial charge >= 0.3 is 12.1 Å². The lowest BCUT2D eigenvalue weighted by Gasteiger charge is -2.26. The molecule has 0 bridgehead atoms. The van der Waals surface area contributed by atoms with E-state index in [0.29, 0.717) is 12.0 Å². The summed E-state index contributed by atoms with van der Waals surface area (Å²) in [5, 5.41) is 2.62. The maximum atomic E-state index is 12.5. The molecule has 1 aromatic heterocycles. The second-order valence-corrected chi connectivity index (χ2v) is 8.32. The first-order valence-corrected chi connectivity index (χ1v) is 9.88. The molecule has 2 aromatic rings. The van der Waals surface area contributed by atoms with Gasteiger partial charge in [0.1, 0.15) is 12.2 Å². The van der Waals surface area contributed by atoms with Gasteiger partial charge < -0.3 is 14.8 Å². The van der Waals surface area contributed by atoms with Crippen LogP contribution in [0, 0.1) is 0 Å². The molecular formula is C23H26N2O5. The van der Waals surface area contributed by atoms with E-state index in [1.165, 1.54) is 0 Å². The number of esters is 1. The standard InChI is InChI=1S/C23H26N2O5/c1-23(2,3)30-22(28)25-19-12-18-17(11-20(19)26)9-16(13-24-18)10-21(27)29-14-15-7-5-4-6-8-15/h4-9,13,19H,10-12,14H2,1-3H3,(H,25,28)/t19-/m1/s1. The smallest absolute Gasteiger partial charge is 0.408 e. The molecule has 1 amide bonds. The molecule has 3 rings (SSSR count). The number of ether oxygens (including phenoxy) is 2. The first-order chi connectivity index (χ1) is 14.2. The van der Waals surface area contributed by atoms with Gasteiger partial charge in [0, 0.05) is 24.7 Å². The molecule has 0 saturated carbocycles. The van der Waals surface area contributed by atoms with E-state index in [1.807, 2.05) is 36.4 Å². The summed E-state index contributed by atoms with van der Waals surface area (Å²) in [5.74, 6) is -0.467. The molecule has 1 heterocycles. The van der Waals surface area contributed by atoms with Crippen LogP contribution in [0.15, 0.2) is 42.6 Å². The van der Waals surface area contributed by atoms with Gasteiger partial charge in [-0.2, -0.15) is 0 Å². The molecule has 7 nitrogen and oxygen atoms in total. The summed E-state index contributed by atoms with van der Waals surface area (Å²) in [6.45, 7) is 5.50. The van der Waals surface area contributed by atoms with Crippen LogP contribution < -0.4 is 5.32 Å². The van der Waals surface area contributed by atoms with E-state index in [0.717, 1.165) is 16.8 Å². The molecule has 0 unspecified atom stereocenters. The zero-order valence-corrected chi connectivity index (χ0v) is 17.4. The lowest BCUT2D eigenvalue weighted by Crippen LogP contribution is -2.47. The minimum atomic E-state index is -0.665. The molecule has 0 aliphatic heterocycles. The number of alkyl carbamates (subject to hydrolysis) is 1. The molecule has 1 atom stereocenters. The first-order valence-electron chi connectivity index (χ1n) is 9.88. The van der Waals surface area contributed by atoms with E-state index in [9.17, 15) is 14.4 Å². The highest BCUT2D eigenvalue weighted by Crippen LogP contribution is 2.20. The number of hydrogen-bond acceptors (Lipinski definition) is 6. The minimum absolute atomic E-state index is 0.0842. The van der Waals surface area contributed by atoms with E-state index in [2.05, 4.69) is 10.3 Å². The van der Waals surface area contributed by atoms with Crippen LogP contribution in [0.2, 0.25) is 0 Å². The van der Waals surface area contributed by atoms with E-state index in [-0.39, 0.29) is 31.2 Å². The Kier molecular flexibility index (Phi) is 6.50. The number of rotatable bonds is 5. The lowest BCUT2D eigenvalue weighted by molar-refractivity contribution is -0.144. The van der Waals surface area contributed by atoms with Gasteiger partial charge in [0.15, 0.2) is 5.78 Å². The number of carbonyl (C=O) groups is 3. The normalized spacial score (nSPS) is 15.8. The van der Waals surface area contributed by atoms with Crippen LogP contribution >= 0.6 is 0 Å². The lowest BCUT2D eigenvalue weighted by atomic mass is 9.90. The van der Waals surface area contributed by atoms with Gasteiger partial charge in [0.25, 0.3) is 0 Å². The Hall–Kier alpha value is -3.22. The van der Waals surface area contributed by atoms with E-state index in [1.54, 1.807) is 27.0 Å². The second-order valence-electron chi connectivity index (χ2n) is 8.32. The highest BCUT2D eigenvalue weighted by atomic mass is 16.6. The van der Waals surface area contributed by atoms with Gasteiger partial charge in [0.05, 0.1) is 12.5 Å². The fourth-order valence-electron chi connectivity index (χ4n) is 3.18. The molecule has 0 spiro atoms. The quantitative estimate of drug-likeness (QED) is 0.762. The van der Waals surface area contributed by atoms with E-state index >= 15 is 0 Å². The van der Waals surface area contributed by atoms with Crippen LogP contribution in [0.3, 0.4) is 0 Å². The van der Waals surface area contributed by atoms with Crippen molar-refractivity contribution in [2.24, 2.45) is 0 Å². The highest BCUT2D eigenvalue weighted by molar-refractivity contribution is 5.91. The number of fused-ring (bicyclic) bond motifs is 1. The van der Waals surface area contributed by atoms with Crippen LogP contribution in [-0.4, -0.2) is 34.5 Å². The molecule has 0 saturated heterocycles. The van der Waals surface area contributed by atoms with E-state index in [4.69, 9.17) is 9.47 Å². The van der Waals surface area contributed by atoms with Crippen molar-refractivity contribution < 1.29 is 23.9 Å². The van der Waals surface area contributed by atoms with E-state index < -0.39 is 17.7 Å². The Morgan fingerprint density at radius 1 is 1.17 bits per heavy atom. The zero-order chi connectivity index (χ0) is 21.7. The van der Waals surface area contributed by atoms with Crippen LogP contribution in [0.4, 0.5) is 4.79 Å². The van der Waals surface area contributed by atoms with Gasteiger partial charge in [-0.25, -0.2) is 4.79 Å². The number of amides is 1. The predicted molar refractivity (Wildman–Crippen MR) is 110 cm³/mol. The number of pyridine rings is 1. The summed E-state index contributed by atoms with van der Waals surface area (Å²) in [5.41, 5.74) is 2.48. The third-order valence-electron chi connectivity index (χ3n) is 4.55. The third kappa shape index (κ3) is 6.14. The maximum Gasteiger partial charge on any atom is 0.408 e. The maximum absolute atomic E-state index is 12.5. The summed E-state index contributed by atoms with van der Waals surface area (Å²) in [4.78, 5) is 41.0. The third-order valence-corrected chi connectivity index (χ3v) is 4.55. The number of nitrogens with zero attached hydrogens (tertiary/aromatic N) is 1. The fourth-order valence-corrected chi connectivity index (χ4v) is 3.18. The number of aromatic nitrogens is 1. The van der Waals surface area contributed by atoms with Crippen molar-refractivity contribution in [3.63, 3.8) is 0 Å². The Balaban J connectivity index is 1.57. The average Bonchev–Trinajstić information content (AvgIpc) is 2.66. The monoisotopic (exact) mass is 410 g/mol. The zero-order valence-electron chi connectivity index (χ0n) is 17.4. The largest absolute Gasteiger partial charge is 0.461 e. The topological polar surface area (TPSA) is 94.6 Å². The molecule has 7 heteroatoms. The molecule has 1 N–H and O–H groups in total. The van der Waals surface area contributed by atoms with Gasteiger partial charge in [-0.15, -0.1) is 0 Å². The van der Waals surface area contributed by atoms with Crippen molar-refractivity contribution in [3.05, 3.63) is 65.0 Å². The van der Waals surface area contributed by atoms with Gasteiger partial charge in [-0.05, 0) is 37.5 Å². The molecule has 158 valence electrons. The van der Waals surface area contributed by atoms with Crippen LogP contribution in [0.25, 0.3) is 0 Å². The molecule has 0 radical (unpaired) electrons. The summed E-state index contributed by atoms with van der Waals surface area (Å²) >= 11 is 0. The van der Waals surface area contributed by atoms with Crippen LogP contribution in [0.5, 0.6) is 0 Å². The van der Waals surface area contributed by atoms with Crippen molar-refractivity contribution in [2.45, 2.75) is 58.3 Å². The van der Waals surface area contributed by atoms with Crippen molar-refractivity contribution >= 4 is 17.8 Å². The number of hydrogen-bond donors (Lipinski definition) is 1. The van der Waals surface area contributed by atoms with Crippen LogP contribution in [0.1, 0.15) is 43.2 Å². The Bertz CT molecular complexity index is 934. The SMILES string of the molecule is CC(C)(C)OC(=O)N[C@@H]1Cc2ncc(CC(=O)OCc3ccccc3)cc2CC1=O. The van der Waals surface area contributed by atoms with Crippen molar-refractivity contribution in [3.8, 4) is 0 Å². The summed E-state index contributed by atoms with van der Waals surface area (Å²) in [6.07, 6.45) is 1.52. The Morgan fingerprint density at radius 3 is 2.60 bits per heavy atom. The Morgan fingerprint density at radius 2 is 1.90 bits per heavy atom. The molecule has 1 aliphatic carbocycles. The number of carbonyl (C=O) groups excluding carboxylic acids is 3. The van der Waals surface area contributed by atoms with Gasteiger partial charge in [0.2, 0.25) is 0 Å². The van der Waals surface area contributed by atoms with Crippen molar-refractivity contribution in [2.75, 3.05) is 0 Å². The van der Waals surface area contributed by atoms with Crippen LogP contribution in [-0.2, 0) is 44.9 Å². The fraction of sp³-hybridized carbons (Fsp3) is 0.391. The average molecular weight is 410 g/mol. The first kappa shape index (κ1) is 21.5. The molecule has 30 heavy (non-hydrogen) atoms. The number of ketones is 1. The van der Waals surface area contributed by atoms with Crippen molar-refractivity contribution in [1.29, 1.82) is 0 Å². The van der Waals surface area contributed by atoms with Gasteiger partial charge in [-0.1, -0.05) is 36.4 Å². The molecular weight excluding hydrogens is 384 g/mol. The number of benzene rings is 1. The highest BCUT2D eigenvalue weighted by Gasteiger charge is 2.30. The number of Topliss-reactive ketones (excluding diaryl/α,β-unsaturated/α-hetero) is 1. The Labute approximate surface area is 175 Å². The summed E-state index contributed by atoms with van der Waals surface area (Å²) in [7, 11) is 0. The summed E-state index contributed by atoms with van der Waals surface area (Å²) < 4.78 is 10.5. The molecule has 1 aromatic carbocycles. The van der Waals surface area contributed by atoms with Gasteiger partial charge in [-0.3, -0.25) is 14.6 Å². The second kappa shape index (κ2) is 9.07. The number of nitrogens with one attached hydrogen (secondary N) is 1. The summed E-state index contributed by atoms with van der Waals surface area (Å²) in [6, 6.07) is 10.6. The van der Waals surface area contributed by atoms with Crippen molar-refractivity contribution in [1.82, 2.24) is 10.3 Å². The molecule has 1 aliphatic rings.